The van der Waals surface area contributed by atoms with E-state index in [0.717, 1.165) is 24.9 Å². The Labute approximate surface area is 111 Å². The van der Waals surface area contributed by atoms with E-state index in [-0.39, 0.29) is 0 Å². The van der Waals surface area contributed by atoms with Crippen molar-refractivity contribution in [3.63, 3.8) is 0 Å². The molecule has 1 unspecified atom stereocenters. The Morgan fingerprint density at radius 1 is 1.38 bits per heavy atom. The number of halogens is 1. The number of aryl methyl sites for hydroxylation is 1. The van der Waals surface area contributed by atoms with E-state index < -0.39 is 6.10 Å². The van der Waals surface area contributed by atoms with Gasteiger partial charge in [-0.15, -0.1) is 22.7 Å². The summed E-state index contributed by atoms with van der Waals surface area (Å²) in [6.07, 6.45) is -0.552. The molecule has 2 rings (SSSR count). The lowest BCUT2D eigenvalue weighted by atomic mass is 10.2. The Balaban J connectivity index is 2.27. The summed E-state index contributed by atoms with van der Waals surface area (Å²) in [4.78, 5) is 1.86. The summed E-state index contributed by atoms with van der Waals surface area (Å²) in [5.74, 6) is 0.798. The fourth-order valence-corrected chi connectivity index (χ4v) is 3.85. The third-order valence-electron chi connectivity index (χ3n) is 2.25. The molecular weight excluding hydrogens is 308 g/mol. The lowest BCUT2D eigenvalue weighted by Crippen LogP contribution is -1.93. The van der Waals surface area contributed by atoms with Crippen molar-refractivity contribution in [2.24, 2.45) is 0 Å². The summed E-state index contributed by atoms with van der Waals surface area (Å²) < 4.78 is 6.18. The van der Waals surface area contributed by atoms with Crippen LogP contribution in [0.5, 0.6) is 5.75 Å². The number of ether oxygens (including phenoxy) is 1. The predicted octanol–water partition coefficient (Wildman–Crippen LogP) is 3.97. The second-order valence-electron chi connectivity index (χ2n) is 3.40. The number of aliphatic hydroxyl groups is 1. The molecule has 0 aliphatic heterocycles. The van der Waals surface area contributed by atoms with Crippen LogP contribution in [0.15, 0.2) is 21.3 Å². The molecule has 0 saturated heterocycles. The van der Waals surface area contributed by atoms with Crippen molar-refractivity contribution in [1.82, 2.24) is 0 Å². The van der Waals surface area contributed by atoms with E-state index in [1.807, 2.05) is 24.4 Å². The van der Waals surface area contributed by atoms with Gasteiger partial charge in [0.05, 0.1) is 10.9 Å². The van der Waals surface area contributed by atoms with Gasteiger partial charge in [0.15, 0.2) is 0 Å². The number of hydrogen-bond acceptors (Lipinski definition) is 4. The zero-order valence-electron chi connectivity index (χ0n) is 8.86. The lowest BCUT2D eigenvalue weighted by molar-refractivity contribution is 0.227. The predicted molar refractivity (Wildman–Crippen MR) is 71.7 cm³/mol. The van der Waals surface area contributed by atoms with E-state index in [1.54, 1.807) is 18.4 Å². The average molecular weight is 319 g/mol. The highest BCUT2D eigenvalue weighted by atomic mass is 79.9. The van der Waals surface area contributed by atoms with Crippen molar-refractivity contribution in [2.45, 2.75) is 13.0 Å². The minimum absolute atomic E-state index is 0.552. The molecule has 0 saturated carbocycles. The molecule has 0 aliphatic carbocycles. The molecule has 16 heavy (non-hydrogen) atoms. The van der Waals surface area contributed by atoms with Crippen LogP contribution in [-0.4, -0.2) is 12.2 Å². The van der Waals surface area contributed by atoms with Gasteiger partial charge >= 0.3 is 0 Å². The topological polar surface area (TPSA) is 29.5 Å². The molecule has 0 bridgehead atoms. The van der Waals surface area contributed by atoms with Crippen molar-refractivity contribution in [3.8, 4) is 5.75 Å². The van der Waals surface area contributed by atoms with Gasteiger partial charge in [0.1, 0.15) is 11.9 Å². The number of thiophene rings is 2. The van der Waals surface area contributed by atoms with Gasteiger partial charge < -0.3 is 9.84 Å². The quantitative estimate of drug-likeness (QED) is 0.927. The molecule has 2 aromatic rings. The summed E-state index contributed by atoms with van der Waals surface area (Å²) >= 11 is 6.54. The maximum absolute atomic E-state index is 10.2. The van der Waals surface area contributed by atoms with Crippen LogP contribution in [-0.2, 0) is 0 Å². The summed E-state index contributed by atoms with van der Waals surface area (Å²) in [5, 5.41) is 12.1. The Morgan fingerprint density at radius 3 is 2.62 bits per heavy atom. The highest BCUT2D eigenvalue weighted by molar-refractivity contribution is 9.11. The van der Waals surface area contributed by atoms with Gasteiger partial charge in [-0.25, -0.2) is 0 Å². The van der Waals surface area contributed by atoms with E-state index in [0.29, 0.717) is 0 Å². The standard InChI is InChI=1S/C11H11BrO2S2/c1-6-3-9(16-11(6)12)10(13)8-4-7(14-2)5-15-8/h3-5,10,13H,1-2H3. The van der Waals surface area contributed by atoms with Crippen LogP contribution < -0.4 is 4.74 Å². The Morgan fingerprint density at radius 2 is 2.12 bits per heavy atom. The zero-order chi connectivity index (χ0) is 11.7. The van der Waals surface area contributed by atoms with Crippen LogP contribution in [0.3, 0.4) is 0 Å². The van der Waals surface area contributed by atoms with E-state index in [2.05, 4.69) is 15.9 Å². The van der Waals surface area contributed by atoms with Crippen LogP contribution >= 0.6 is 38.6 Å². The highest BCUT2D eigenvalue weighted by Gasteiger charge is 2.16. The summed E-state index contributed by atoms with van der Waals surface area (Å²) in [5.41, 5.74) is 1.16. The molecule has 0 spiro atoms. The van der Waals surface area contributed by atoms with Crippen molar-refractivity contribution in [2.75, 3.05) is 7.11 Å². The second kappa shape index (κ2) is 4.87. The van der Waals surface area contributed by atoms with Gasteiger partial charge in [-0.3, -0.25) is 0 Å². The minimum Gasteiger partial charge on any atom is -0.496 e. The molecule has 0 radical (unpaired) electrons. The maximum atomic E-state index is 10.2. The van der Waals surface area contributed by atoms with Gasteiger partial charge in [-0.1, -0.05) is 0 Å². The number of methoxy groups -OCH3 is 1. The fourth-order valence-electron chi connectivity index (χ4n) is 1.34. The van der Waals surface area contributed by atoms with Crippen LogP contribution in [0.2, 0.25) is 0 Å². The lowest BCUT2D eigenvalue weighted by Gasteiger charge is -2.04. The van der Waals surface area contributed by atoms with Gasteiger partial charge in [0.25, 0.3) is 0 Å². The fraction of sp³-hybridized carbons (Fsp3) is 0.273. The summed E-state index contributed by atoms with van der Waals surface area (Å²) in [6, 6.07) is 3.88. The number of hydrogen-bond donors (Lipinski definition) is 1. The van der Waals surface area contributed by atoms with Crippen molar-refractivity contribution in [3.05, 3.63) is 36.6 Å². The largest absolute Gasteiger partial charge is 0.496 e. The number of aliphatic hydroxyl groups excluding tert-OH is 1. The van der Waals surface area contributed by atoms with E-state index >= 15 is 0 Å². The second-order valence-corrected chi connectivity index (χ2v) is 6.74. The smallest absolute Gasteiger partial charge is 0.129 e. The van der Waals surface area contributed by atoms with E-state index in [9.17, 15) is 5.11 Å². The first-order chi connectivity index (χ1) is 7.61. The van der Waals surface area contributed by atoms with E-state index in [4.69, 9.17) is 4.74 Å². The monoisotopic (exact) mass is 318 g/mol. The molecule has 2 nitrogen and oxygen atoms in total. The molecule has 0 aromatic carbocycles. The normalized spacial score (nSPS) is 12.8. The molecule has 2 aromatic heterocycles. The van der Waals surface area contributed by atoms with Crippen LogP contribution in [0.4, 0.5) is 0 Å². The Hall–Kier alpha value is -0.360. The molecule has 2 heterocycles. The molecule has 5 heteroatoms. The first kappa shape index (κ1) is 12.1. The molecule has 0 fully saturated rings. The highest BCUT2D eigenvalue weighted by Crippen LogP contribution is 2.37. The minimum atomic E-state index is -0.552. The molecule has 86 valence electrons. The molecular formula is C11H11BrO2S2. The van der Waals surface area contributed by atoms with E-state index in [1.165, 1.54) is 11.3 Å². The first-order valence-corrected chi connectivity index (χ1v) is 7.17. The van der Waals surface area contributed by atoms with Crippen molar-refractivity contribution >= 4 is 38.6 Å². The molecule has 1 atom stereocenters. The van der Waals surface area contributed by atoms with Crippen molar-refractivity contribution in [1.29, 1.82) is 0 Å². The molecule has 0 aliphatic rings. The third-order valence-corrected chi connectivity index (χ3v) is 5.40. The van der Waals surface area contributed by atoms with Crippen molar-refractivity contribution < 1.29 is 9.84 Å². The van der Waals surface area contributed by atoms with Gasteiger partial charge in [-0.05, 0) is 40.5 Å². The SMILES string of the molecule is COc1csc(C(O)c2cc(C)c(Br)s2)c1. The Kier molecular flexibility index (Phi) is 3.69. The van der Waals surface area contributed by atoms with Crippen LogP contribution in [0.1, 0.15) is 21.4 Å². The summed E-state index contributed by atoms with van der Waals surface area (Å²) in [7, 11) is 1.63. The average Bonchev–Trinajstić information content (AvgIpc) is 2.86. The van der Waals surface area contributed by atoms with Gasteiger partial charge in [0, 0.05) is 15.1 Å². The summed E-state index contributed by atoms with van der Waals surface area (Å²) in [6.45, 7) is 2.02. The number of rotatable bonds is 3. The molecule has 0 amide bonds. The zero-order valence-corrected chi connectivity index (χ0v) is 12.1. The van der Waals surface area contributed by atoms with Crippen LogP contribution in [0.25, 0.3) is 0 Å². The first-order valence-electron chi connectivity index (χ1n) is 4.68. The maximum Gasteiger partial charge on any atom is 0.129 e. The Bertz CT molecular complexity index is 470. The van der Waals surface area contributed by atoms with Gasteiger partial charge in [0.2, 0.25) is 0 Å². The molecule has 1 N–H and O–H groups in total. The third kappa shape index (κ3) is 2.32. The van der Waals surface area contributed by atoms with Gasteiger partial charge in [-0.2, -0.15) is 0 Å². The van der Waals surface area contributed by atoms with Crippen LogP contribution in [0, 0.1) is 6.92 Å².